The highest BCUT2D eigenvalue weighted by Crippen LogP contribution is 2.45. The van der Waals surface area contributed by atoms with E-state index in [0.717, 1.165) is 4.70 Å². The number of thiazole rings is 1. The van der Waals surface area contributed by atoms with E-state index in [1.807, 2.05) is 36.4 Å². The van der Waals surface area contributed by atoms with Crippen LogP contribution in [0.2, 0.25) is 0 Å². The van der Waals surface area contributed by atoms with E-state index in [0.29, 0.717) is 33.3 Å². The molecule has 1 aliphatic heterocycles. The molecule has 4 aromatic rings. The molecule has 1 aromatic heterocycles. The lowest BCUT2D eigenvalue weighted by atomic mass is 9.95. The number of carbonyl (C=O) groups is 2. The first kappa shape index (κ1) is 21.7. The number of anilines is 1. The van der Waals surface area contributed by atoms with E-state index in [-0.39, 0.29) is 11.3 Å². The fourth-order valence-electron chi connectivity index (χ4n) is 4.09. The van der Waals surface area contributed by atoms with Crippen molar-refractivity contribution in [1.29, 1.82) is 0 Å². The Labute approximate surface area is 199 Å². The van der Waals surface area contributed by atoms with E-state index < -0.39 is 17.7 Å². The van der Waals surface area contributed by atoms with Crippen molar-refractivity contribution >= 4 is 44.1 Å². The SMILES string of the molecule is COc1ccc2nc(N3C(=O)C(=O)/C(=C(/O)c4ccccc4OC)C3c3ccccc3)sc2c1. The molecule has 1 unspecified atom stereocenters. The average Bonchev–Trinajstić information content (AvgIpc) is 3.41. The van der Waals surface area contributed by atoms with E-state index in [1.54, 1.807) is 43.5 Å². The number of ketones is 1. The minimum absolute atomic E-state index is 0.0162. The van der Waals surface area contributed by atoms with Crippen molar-refractivity contribution in [3.8, 4) is 11.5 Å². The predicted octanol–water partition coefficient (Wildman–Crippen LogP) is 4.94. The molecule has 0 spiro atoms. The lowest BCUT2D eigenvalue weighted by molar-refractivity contribution is -0.132. The molecule has 1 fully saturated rings. The van der Waals surface area contributed by atoms with Gasteiger partial charge < -0.3 is 14.6 Å². The summed E-state index contributed by atoms with van der Waals surface area (Å²) in [4.78, 5) is 32.6. The molecule has 3 aromatic carbocycles. The van der Waals surface area contributed by atoms with Gasteiger partial charge in [0.25, 0.3) is 5.78 Å². The topological polar surface area (TPSA) is 89.0 Å². The summed E-state index contributed by atoms with van der Waals surface area (Å²) in [5.41, 5.74) is 1.67. The number of amides is 1. The summed E-state index contributed by atoms with van der Waals surface area (Å²) < 4.78 is 11.5. The number of aliphatic hydroxyl groups excluding tert-OH is 1. The van der Waals surface area contributed by atoms with Crippen LogP contribution in [0.1, 0.15) is 17.2 Å². The molecule has 0 radical (unpaired) electrons. The average molecular weight is 473 g/mol. The third-order valence-corrected chi connectivity index (χ3v) is 6.73. The molecule has 1 atom stereocenters. The molecule has 0 bridgehead atoms. The van der Waals surface area contributed by atoms with Crippen LogP contribution in [0, 0.1) is 0 Å². The van der Waals surface area contributed by atoms with Crippen LogP contribution in [-0.4, -0.2) is 36.0 Å². The Kier molecular flexibility index (Phi) is 5.51. The number of ether oxygens (including phenoxy) is 2. The maximum atomic E-state index is 13.3. The summed E-state index contributed by atoms with van der Waals surface area (Å²) in [6.07, 6.45) is 0. The van der Waals surface area contributed by atoms with Crippen molar-refractivity contribution in [3.63, 3.8) is 0 Å². The van der Waals surface area contributed by atoms with Gasteiger partial charge in [-0.1, -0.05) is 53.8 Å². The zero-order valence-electron chi connectivity index (χ0n) is 18.4. The minimum atomic E-state index is -0.853. The Morgan fingerprint density at radius 2 is 1.71 bits per heavy atom. The van der Waals surface area contributed by atoms with E-state index in [9.17, 15) is 14.7 Å². The van der Waals surface area contributed by atoms with Gasteiger partial charge in [-0.05, 0) is 35.9 Å². The molecular formula is C26H20N2O5S. The maximum Gasteiger partial charge on any atom is 0.301 e. The van der Waals surface area contributed by atoms with Crippen LogP contribution in [0.4, 0.5) is 5.13 Å². The standard InChI is InChI=1S/C26H20N2O5S/c1-32-16-12-13-18-20(14-16)34-26(27-18)28-22(15-8-4-3-5-9-15)21(24(30)25(28)31)23(29)17-10-6-7-11-19(17)33-2/h3-14,22,29H,1-2H3/b23-21+. The number of para-hydroxylation sites is 1. The number of hydrogen-bond acceptors (Lipinski definition) is 7. The lowest BCUT2D eigenvalue weighted by Gasteiger charge is -2.23. The molecule has 2 heterocycles. The highest BCUT2D eigenvalue weighted by molar-refractivity contribution is 7.22. The van der Waals surface area contributed by atoms with Gasteiger partial charge >= 0.3 is 5.91 Å². The van der Waals surface area contributed by atoms with Crippen molar-refractivity contribution in [1.82, 2.24) is 4.98 Å². The highest BCUT2D eigenvalue weighted by atomic mass is 32.1. The van der Waals surface area contributed by atoms with Gasteiger partial charge in [0.15, 0.2) is 5.13 Å². The van der Waals surface area contributed by atoms with Gasteiger partial charge in [0, 0.05) is 0 Å². The van der Waals surface area contributed by atoms with Crippen LogP contribution in [0.3, 0.4) is 0 Å². The third kappa shape index (κ3) is 3.48. The van der Waals surface area contributed by atoms with E-state index in [2.05, 4.69) is 4.98 Å². The second kappa shape index (κ2) is 8.64. The van der Waals surface area contributed by atoms with Crippen LogP contribution in [0.25, 0.3) is 16.0 Å². The molecule has 1 aliphatic rings. The summed E-state index contributed by atoms with van der Waals surface area (Å²) in [7, 11) is 3.06. The Morgan fingerprint density at radius 3 is 2.44 bits per heavy atom. The van der Waals surface area contributed by atoms with Gasteiger partial charge in [0.1, 0.15) is 17.3 Å². The molecule has 0 saturated carbocycles. The minimum Gasteiger partial charge on any atom is -0.507 e. The van der Waals surface area contributed by atoms with Crippen molar-refractivity contribution in [3.05, 3.63) is 89.5 Å². The molecule has 8 heteroatoms. The van der Waals surface area contributed by atoms with Crippen molar-refractivity contribution in [2.24, 2.45) is 0 Å². The fourth-order valence-corrected chi connectivity index (χ4v) is 5.11. The zero-order valence-corrected chi connectivity index (χ0v) is 19.2. The zero-order chi connectivity index (χ0) is 23.8. The number of hydrogen-bond donors (Lipinski definition) is 1. The predicted molar refractivity (Wildman–Crippen MR) is 130 cm³/mol. The number of methoxy groups -OCH3 is 2. The number of carbonyl (C=O) groups excluding carboxylic acids is 2. The normalized spacial score (nSPS) is 17.4. The summed E-state index contributed by atoms with van der Waals surface area (Å²) >= 11 is 1.28. The van der Waals surface area contributed by atoms with E-state index in [4.69, 9.17) is 9.47 Å². The second-order valence-corrected chi connectivity index (χ2v) is 8.62. The first-order valence-corrected chi connectivity index (χ1v) is 11.3. The number of aromatic nitrogens is 1. The molecule has 0 aliphatic carbocycles. The Balaban J connectivity index is 1.73. The van der Waals surface area contributed by atoms with E-state index >= 15 is 0 Å². The lowest BCUT2D eigenvalue weighted by Crippen LogP contribution is -2.29. The van der Waals surface area contributed by atoms with Crippen molar-refractivity contribution in [2.75, 3.05) is 19.1 Å². The molecule has 170 valence electrons. The Bertz CT molecular complexity index is 1440. The van der Waals surface area contributed by atoms with Crippen molar-refractivity contribution < 1.29 is 24.2 Å². The number of Topliss-reactive ketones (excluding diaryl/α,β-unsaturated/α-hetero) is 1. The van der Waals surface area contributed by atoms with Crippen LogP contribution in [0.5, 0.6) is 11.5 Å². The fraction of sp³-hybridized carbons (Fsp3) is 0.115. The van der Waals surface area contributed by atoms with E-state index in [1.165, 1.54) is 23.3 Å². The number of aliphatic hydroxyl groups is 1. The number of nitrogens with zero attached hydrogens (tertiary/aromatic N) is 2. The van der Waals surface area contributed by atoms with Gasteiger partial charge in [0.2, 0.25) is 0 Å². The van der Waals surface area contributed by atoms with Crippen LogP contribution in [-0.2, 0) is 9.59 Å². The summed E-state index contributed by atoms with van der Waals surface area (Å²) in [5.74, 6) is -0.772. The van der Waals surface area contributed by atoms with Gasteiger partial charge in [-0.25, -0.2) is 4.98 Å². The number of benzene rings is 3. The Hall–Kier alpha value is -4.17. The van der Waals surface area contributed by atoms with Crippen molar-refractivity contribution in [2.45, 2.75) is 6.04 Å². The molecule has 7 nitrogen and oxygen atoms in total. The van der Waals surface area contributed by atoms with Gasteiger partial charge in [0.05, 0.1) is 41.6 Å². The number of rotatable bonds is 5. The molecule has 1 N–H and O–H groups in total. The van der Waals surface area contributed by atoms with Gasteiger partial charge in [-0.2, -0.15) is 0 Å². The monoisotopic (exact) mass is 472 g/mol. The molecular weight excluding hydrogens is 452 g/mol. The molecule has 1 amide bonds. The first-order valence-electron chi connectivity index (χ1n) is 10.5. The smallest absolute Gasteiger partial charge is 0.301 e. The summed E-state index contributed by atoms with van der Waals surface area (Å²) in [6.45, 7) is 0. The largest absolute Gasteiger partial charge is 0.507 e. The Morgan fingerprint density at radius 1 is 0.971 bits per heavy atom. The molecule has 1 saturated heterocycles. The van der Waals surface area contributed by atoms with Gasteiger partial charge in [-0.15, -0.1) is 0 Å². The molecule has 5 rings (SSSR count). The van der Waals surface area contributed by atoms with Crippen LogP contribution in [0.15, 0.2) is 78.4 Å². The summed E-state index contributed by atoms with van der Waals surface area (Å²) in [5, 5.41) is 11.7. The quantitative estimate of drug-likeness (QED) is 0.251. The number of fused-ring (bicyclic) bond motifs is 1. The maximum absolute atomic E-state index is 13.3. The highest BCUT2D eigenvalue weighted by Gasteiger charge is 2.48. The first-order chi connectivity index (χ1) is 16.5. The second-order valence-electron chi connectivity index (χ2n) is 7.61. The third-order valence-electron chi connectivity index (χ3n) is 5.71. The van der Waals surface area contributed by atoms with Gasteiger partial charge in [-0.3, -0.25) is 14.5 Å². The molecule has 34 heavy (non-hydrogen) atoms. The van der Waals surface area contributed by atoms with Crippen LogP contribution >= 0.6 is 11.3 Å². The van der Waals surface area contributed by atoms with Crippen LogP contribution < -0.4 is 14.4 Å². The summed E-state index contributed by atoms with van der Waals surface area (Å²) in [6, 6.07) is 20.5.